The third-order valence-electron chi connectivity index (χ3n) is 6.30. The number of rotatable bonds is 14. The Balaban J connectivity index is 1.86. The zero-order valence-corrected chi connectivity index (χ0v) is 21.2. The molecule has 0 aliphatic carbocycles. The van der Waals surface area contributed by atoms with Gasteiger partial charge in [0.05, 0.1) is 13.2 Å². The monoisotopic (exact) mass is 532 g/mol. The van der Waals surface area contributed by atoms with Crippen molar-refractivity contribution in [2.45, 2.75) is 86.7 Å². The lowest BCUT2D eigenvalue weighted by Gasteiger charge is -2.45. The minimum absolute atomic E-state index is 0.201. The summed E-state index contributed by atoms with van der Waals surface area (Å²) in [6, 6.07) is 0.626. The Hall–Kier alpha value is -0.343. The zero-order valence-electron chi connectivity index (χ0n) is 20.2. The van der Waals surface area contributed by atoms with E-state index in [1.54, 1.807) is 21.3 Å². The molecule has 0 amide bonds. The van der Waals surface area contributed by atoms with Crippen molar-refractivity contribution < 1.29 is 68.0 Å². The van der Waals surface area contributed by atoms with Crippen LogP contribution in [0.5, 0.6) is 0 Å². The Bertz CT molecular complexity index is 586. The predicted molar refractivity (Wildman–Crippen MR) is 118 cm³/mol. The van der Waals surface area contributed by atoms with Gasteiger partial charge in [-0.3, -0.25) is 0 Å². The molecule has 2 rings (SSSR count). The SMILES string of the molecule is CO[Si](CCCCCO[C@@H]1O[C@H](CO)[C@@H](O[C@@H]2O[C@H](CO)[C@H](O)[C@H](O)[C@H]2O)[C@H](O)[C@H]1O)(OC)OC. The molecule has 208 valence electrons. The number of ether oxygens (including phenoxy) is 4. The summed E-state index contributed by atoms with van der Waals surface area (Å²) in [5.41, 5.74) is 0. The number of aliphatic hydroxyl groups is 7. The molecule has 2 saturated heterocycles. The first-order valence-electron chi connectivity index (χ1n) is 11.5. The molecule has 2 aliphatic heterocycles. The lowest BCUT2D eigenvalue weighted by molar-refractivity contribution is -0.359. The van der Waals surface area contributed by atoms with E-state index in [-0.39, 0.29) is 6.61 Å². The van der Waals surface area contributed by atoms with Crippen molar-refractivity contribution in [1.82, 2.24) is 0 Å². The van der Waals surface area contributed by atoms with Crippen molar-refractivity contribution in [3.8, 4) is 0 Å². The minimum Gasteiger partial charge on any atom is -0.394 e. The second-order valence-corrected chi connectivity index (χ2v) is 11.6. The molecule has 2 fully saturated rings. The maximum Gasteiger partial charge on any atom is 0.500 e. The molecule has 0 spiro atoms. The molecule has 35 heavy (non-hydrogen) atoms. The molecule has 0 aromatic carbocycles. The van der Waals surface area contributed by atoms with Gasteiger partial charge in [-0.1, -0.05) is 6.42 Å². The van der Waals surface area contributed by atoms with Crippen LogP contribution in [0.3, 0.4) is 0 Å². The summed E-state index contributed by atoms with van der Waals surface area (Å²) in [4.78, 5) is 0. The second kappa shape index (κ2) is 14.6. The van der Waals surface area contributed by atoms with Crippen molar-refractivity contribution in [3.63, 3.8) is 0 Å². The van der Waals surface area contributed by atoms with E-state index >= 15 is 0 Å². The summed E-state index contributed by atoms with van der Waals surface area (Å²) in [5.74, 6) is 0. The number of hydrogen-bond acceptors (Lipinski definition) is 14. The van der Waals surface area contributed by atoms with E-state index in [2.05, 4.69) is 0 Å². The Morgan fingerprint density at radius 1 is 0.657 bits per heavy atom. The highest BCUT2D eigenvalue weighted by atomic mass is 28.4. The fourth-order valence-electron chi connectivity index (χ4n) is 4.07. The molecule has 7 N–H and O–H groups in total. The molecule has 10 atom stereocenters. The average Bonchev–Trinajstić information content (AvgIpc) is 2.87. The summed E-state index contributed by atoms with van der Waals surface area (Å²) in [6.07, 6.45) is -12.6. The highest BCUT2D eigenvalue weighted by Crippen LogP contribution is 2.29. The van der Waals surface area contributed by atoms with Gasteiger partial charge < -0.3 is 68.0 Å². The van der Waals surface area contributed by atoms with Crippen LogP contribution in [-0.2, 0) is 32.2 Å². The lowest BCUT2D eigenvalue weighted by Crippen LogP contribution is -2.64. The molecule has 0 unspecified atom stereocenters. The van der Waals surface area contributed by atoms with Gasteiger partial charge in [0.25, 0.3) is 0 Å². The molecule has 15 heteroatoms. The van der Waals surface area contributed by atoms with E-state index in [0.29, 0.717) is 12.5 Å². The Morgan fingerprint density at radius 2 is 1.23 bits per heavy atom. The fourth-order valence-corrected chi connectivity index (χ4v) is 5.86. The number of unbranched alkanes of at least 4 members (excludes halogenated alkanes) is 2. The lowest BCUT2D eigenvalue weighted by atomic mass is 9.97. The molecular formula is C20H40O14Si. The van der Waals surface area contributed by atoms with Crippen molar-refractivity contribution in [2.24, 2.45) is 0 Å². The first-order valence-corrected chi connectivity index (χ1v) is 13.5. The van der Waals surface area contributed by atoms with E-state index in [1.165, 1.54) is 0 Å². The third-order valence-corrected chi connectivity index (χ3v) is 9.13. The highest BCUT2D eigenvalue weighted by molar-refractivity contribution is 6.60. The minimum atomic E-state index is -2.64. The molecule has 0 saturated carbocycles. The first-order chi connectivity index (χ1) is 16.7. The molecule has 14 nitrogen and oxygen atoms in total. The molecule has 2 heterocycles. The molecule has 2 aliphatic rings. The topological polar surface area (TPSA) is 206 Å². The third kappa shape index (κ3) is 7.59. The van der Waals surface area contributed by atoms with Gasteiger partial charge in [0.2, 0.25) is 0 Å². The van der Waals surface area contributed by atoms with Crippen LogP contribution in [0.15, 0.2) is 0 Å². The van der Waals surface area contributed by atoms with Gasteiger partial charge >= 0.3 is 8.80 Å². The Labute approximate surface area is 205 Å². The van der Waals surface area contributed by atoms with Gasteiger partial charge in [-0.25, -0.2) is 0 Å². The van der Waals surface area contributed by atoms with Gasteiger partial charge in [0, 0.05) is 34.0 Å². The average molecular weight is 533 g/mol. The molecule has 0 radical (unpaired) electrons. The summed E-state index contributed by atoms with van der Waals surface area (Å²) in [6.45, 7) is -1.09. The normalized spacial score (nSPS) is 38.6. The Morgan fingerprint density at radius 3 is 1.80 bits per heavy atom. The standard InChI is InChI=1S/C20H40O14Si/c1-28-35(29-2,30-3)8-6-4-5-7-31-19-17(27)15(25)18(12(10-22)33-19)34-20-16(26)14(24)13(23)11(9-21)32-20/h11-27H,4-10H2,1-3H3/t11-,12-,13+,14+,15-,16-,17-,18-,19-,20+/m1/s1. The molecule has 0 aromatic heterocycles. The summed E-state index contributed by atoms with van der Waals surface area (Å²) in [7, 11) is 1.99. The van der Waals surface area contributed by atoms with E-state index in [9.17, 15) is 35.7 Å². The largest absolute Gasteiger partial charge is 0.500 e. The van der Waals surface area contributed by atoms with Crippen LogP contribution in [-0.4, -0.2) is 147 Å². The van der Waals surface area contributed by atoms with E-state index < -0.39 is 83.4 Å². The van der Waals surface area contributed by atoms with E-state index in [4.69, 9.17) is 32.2 Å². The summed E-state index contributed by atoms with van der Waals surface area (Å²) in [5, 5.41) is 70.1. The predicted octanol–water partition coefficient (Wildman–Crippen LogP) is -3.32. The van der Waals surface area contributed by atoms with Crippen molar-refractivity contribution in [2.75, 3.05) is 41.2 Å². The first kappa shape index (κ1) is 30.9. The number of hydrogen-bond donors (Lipinski definition) is 7. The van der Waals surface area contributed by atoms with Crippen molar-refractivity contribution in [3.05, 3.63) is 0 Å². The maximum atomic E-state index is 10.6. The highest BCUT2D eigenvalue weighted by Gasteiger charge is 2.50. The van der Waals surface area contributed by atoms with E-state index in [0.717, 1.165) is 12.8 Å². The maximum absolute atomic E-state index is 10.6. The molecular weight excluding hydrogens is 492 g/mol. The van der Waals surface area contributed by atoms with Crippen LogP contribution in [0.4, 0.5) is 0 Å². The Kier molecular flexibility index (Phi) is 12.8. The molecule has 0 aromatic rings. The second-order valence-electron chi connectivity index (χ2n) is 8.48. The molecule has 0 bridgehead atoms. The van der Waals surface area contributed by atoms with Crippen LogP contribution >= 0.6 is 0 Å². The van der Waals surface area contributed by atoms with Crippen LogP contribution < -0.4 is 0 Å². The van der Waals surface area contributed by atoms with Crippen LogP contribution in [0, 0.1) is 0 Å². The fraction of sp³-hybridized carbons (Fsp3) is 1.00. The van der Waals surface area contributed by atoms with Gasteiger partial charge in [-0.15, -0.1) is 0 Å². The van der Waals surface area contributed by atoms with Crippen LogP contribution in [0.25, 0.3) is 0 Å². The van der Waals surface area contributed by atoms with E-state index in [1.807, 2.05) is 0 Å². The quantitative estimate of drug-likeness (QED) is 0.0863. The van der Waals surface area contributed by atoms with Crippen molar-refractivity contribution in [1.29, 1.82) is 0 Å². The van der Waals surface area contributed by atoms with Gasteiger partial charge in [-0.05, 0) is 12.8 Å². The van der Waals surface area contributed by atoms with Gasteiger partial charge in [0.1, 0.15) is 48.8 Å². The van der Waals surface area contributed by atoms with Crippen LogP contribution in [0.2, 0.25) is 6.04 Å². The van der Waals surface area contributed by atoms with Crippen molar-refractivity contribution >= 4 is 8.80 Å². The summed E-state index contributed by atoms with van der Waals surface area (Å²) < 4.78 is 38.0. The van der Waals surface area contributed by atoms with Gasteiger partial charge in [0.15, 0.2) is 12.6 Å². The van der Waals surface area contributed by atoms with Crippen LogP contribution in [0.1, 0.15) is 19.3 Å². The zero-order chi connectivity index (χ0) is 26.2. The smallest absolute Gasteiger partial charge is 0.394 e. The number of aliphatic hydroxyl groups excluding tert-OH is 7. The summed E-state index contributed by atoms with van der Waals surface area (Å²) >= 11 is 0. The van der Waals surface area contributed by atoms with Gasteiger partial charge in [-0.2, -0.15) is 0 Å².